The van der Waals surface area contributed by atoms with Crippen molar-refractivity contribution >= 4 is 47.1 Å². The molecule has 0 aliphatic heterocycles. The zero-order valence-electron chi connectivity index (χ0n) is 21.9. The average molecular weight is 577 g/mol. The molecule has 0 spiro atoms. The quantitative estimate of drug-likeness (QED) is 0.192. The first-order valence-electron chi connectivity index (χ1n) is 12.0. The number of hydrogen-bond acceptors (Lipinski definition) is 8. The van der Waals surface area contributed by atoms with Crippen LogP contribution in [0.15, 0.2) is 48.5 Å². The molecule has 0 unspecified atom stereocenters. The van der Waals surface area contributed by atoms with Gasteiger partial charge in [-0.25, -0.2) is 9.59 Å². The molecule has 214 valence electrons. The Morgan fingerprint density at radius 1 is 0.900 bits per heavy atom. The van der Waals surface area contributed by atoms with Gasteiger partial charge in [0.2, 0.25) is 5.91 Å². The molecule has 0 aliphatic carbocycles. The van der Waals surface area contributed by atoms with Gasteiger partial charge in [0.05, 0.1) is 0 Å². The highest BCUT2D eigenvalue weighted by molar-refractivity contribution is 6.30. The molecular formula is C27H29ClN2O10. The number of benzene rings is 2. The SMILES string of the molecule is C[C@H](NC(=O)COC(=O)C(C)(C)Oc1ccc(C(=O)c2ccc(Cl)cc2)cc1)C(=O)N[C@@H](CCC(=O)O)C(=O)O. The zero-order chi connectivity index (χ0) is 30.0. The molecule has 0 bridgehead atoms. The lowest BCUT2D eigenvalue weighted by Crippen LogP contribution is -2.51. The second-order valence-corrected chi connectivity index (χ2v) is 9.61. The molecule has 40 heavy (non-hydrogen) atoms. The molecule has 4 N–H and O–H groups in total. The van der Waals surface area contributed by atoms with Gasteiger partial charge in [0.25, 0.3) is 5.91 Å². The molecule has 2 atom stereocenters. The van der Waals surface area contributed by atoms with E-state index in [2.05, 4.69) is 10.6 Å². The monoisotopic (exact) mass is 576 g/mol. The summed E-state index contributed by atoms with van der Waals surface area (Å²) in [5.41, 5.74) is -0.683. The Labute approximate surface area is 234 Å². The van der Waals surface area contributed by atoms with Crippen molar-refractivity contribution in [3.05, 3.63) is 64.7 Å². The van der Waals surface area contributed by atoms with Gasteiger partial charge in [0, 0.05) is 22.6 Å². The molecule has 2 aromatic carbocycles. The van der Waals surface area contributed by atoms with Crippen LogP contribution in [-0.4, -0.2) is 70.0 Å². The van der Waals surface area contributed by atoms with Crippen LogP contribution in [0.2, 0.25) is 5.02 Å². The minimum Gasteiger partial charge on any atom is -0.481 e. The molecule has 0 radical (unpaired) electrons. The number of halogens is 1. The third-order valence-corrected chi connectivity index (χ3v) is 5.71. The molecule has 0 fully saturated rings. The van der Waals surface area contributed by atoms with Crippen molar-refractivity contribution < 1.29 is 48.5 Å². The van der Waals surface area contributed by atoms with Crippen molar-refractivity contribution in [1.82, 2.24) is 10.6 Å². The number of rotatable bonds is 14. The number of amides is 2. The molecule has 2 aromatic rings. The summed E-state index contributed by atoms with van der Waals surface area (Å²) in [5.74, 6) is -5.20. The zero-order valence-corrected chi connectivity index (χ0v) is 22.7. The van der Waals surface area contributed by atoms with E-state index in [0.717, 1.165) is 0 Å². The lowest BCUT2D eigenvalue weighted by atomic mass is 10.0. The van der Waals surface area contributed by atoms with E-state index >= 15 is 0 Å². The first kappa shape index (κ1) is 31.8. The number of nitrogens with one attached hydrogen (secondary N) is 2. The number of hydrogen-bond donors (Lipinski definition) is 4. The van der Waals surface area contributed by atoms with Crippen molar-refractivity contribution in [3.8, 4) is 5.75 Å². The van der Waals surface area contributed by atoms with Crippen molar-refractivity contribution in [2.24, 2.45) is 0 Å². The Morgan fingerprint density at radius 2 is 1.45 bits per heavy atom. The van der Waals surface area contributed by atoms with Crippen LogP contribution >= 0.6 is 11.6 Å². The topological polar surface area (TPSA) is 185 Å². The first-order valence-corrected chi connectivity index (χ1v) is 12.4. The average Bonchev–Trinajstić information content (AvgIpc) is 2.89. The van der Waals surface area contributed by atoms with Crippen LogP contribution < -0.4 is 15.4 Å². The lowest BCUT2D eigenvalue weighted by molar-refractivity contribution is -0.162. The van der Waals surface area contributed by atoms with Gasteiger partial charge in [-0.05, 0) is 75.7 Å². The summed E-state index contributed by atoms with van der Waals surface area (Å²) in [4.78, 5) is 71.4. The molecule has 0 heterocycles. The van der Waals surface area contributed by atoms with Gasteiger partial charge in [0.1, 0.15) is 17.8 Å². The Morgan fingerprint density at radius 3 is 1.98 bits per heavy atom. The standard InChI is InChI=1S/C27H29ClN2O10/c1-15(24(35)30-20(25(36)37)12-13-22(32)33)29-21(31)14-39-26(38)27(2,3)40-19-10-6-17(7-11-19)23(34)16-4-8-18(28)9-5-16/h4-11,15,20H,12-14H2,1-3H3,(H,29,31)(H,30,35)(H,32,33)(H,36,37)/t15-,20-/m0/s1. The first-order chi connectivity index (χ1) is 18.7. The van der Waals surface area contributed by atoms with Crippen molar-refractivity contribution in [2.45, 2.75) is 51.3 Å². The number of ketones is 1. The highest BCUT2D eigenvalue weighted by Crippen LogP contribution is 2.22. The van der Waals surface area contributed by atoms with Gasteiger partial charge >= 0.3 is 17.9 Å². The summed E-state index contributed by atoms with van der Waals surface area (Å²) in [6.45, 7) is 3.36. The molecular weight excluding hydrogens is 548 g/mol. The molecule has 12 nitrogen and oxygen atoms in total. The van der Waals surface area contributed by atoms with Gasteiger partial charge in [-0.3, -0.25) is 19.2 Å². The van der Waals surface area contributed by atoms with Crippen LogP contribution in [0.25, 0.3) is 0 Å². The van der Waals surface area contributed by atoms with Gasteiger partial charge in [-0.2, -0.15) is 0 Å². The fourth-order valence-corrected chi connectivity index (χ4v) is 3.38. The maximum Gasteiger partial charge on any atom is 0.350 e. The van der Waals surface area contributed by atoms with Gasteiger partial charge in [-0.15, -0.1) is 0 Å². The van der Waals surface area contributed by atoms with Gasteiger partial charge in [0.15, 0.2) is 18.0 Å². The number of carboxylic acids is 2. The highest BCUT2D eigenvalue weighted by atomic mass is 35.5. The second kappa shape index (κ2) is 14.1. The van der Waals surface area contributed by atoms with Crippen LogP contribution in [0.1, 0.15) is 49.5 Å². The van der Waals surface area contributed by atoms with Crippen LogP contribution in [0.4, 0.5) is 0 Å². The van der Waals surface area contributed by atoms with E-state index in [1.54, 1.807) is 24.3 Å². The molecule has 0 saturated carbocycles. The van der Waals surface area contributed by atoms with Gasteiger partial charge in [-0.1, -0.05) is 11.6 Å². The third kappa shape index (κ3) is 9.70. The molecule has 13 heteroatoms. The molecule has 0 saturated heterocycles. The lowest BCUT2D eigenvalue weighted by Gasteiger charge is -2.24. The van der Waals surface area contributed by atoms with Crippen LogP contribution in [0.5, 0.6) is 5.75 Å². The van der Waals surface area contributed by atoms with E-state index in [1.807, 2.05) is 0 Å². The summed E-state index contributed by atoms with van der Waals surface area (Å²) < 4.78 is 10.7. The number of carboxylic acid groups (broad SMARTS) is 2. The van der Waals surface area contributed by atoms with E-state index in [9.17, 15) is 28.8 Å². The molecule has 0 aliphatic rings. The third-order valence-electron chi connectivity index (χ3n) is 5.45. The Balaban J connectivity index is 1.87. The Hall–Kier alpha value is -4.45. The summed E-state index contributed by atoms with van der Waals surface area (Å²) in [5, 5.41) is 22.7. The number of aliphatic carboxylic acids is 2. The van der Waals surface area contributed by atoms with Crippen LogP contribution in [0, 0.1) is 0 Å². The van der Waals surface area contributed by atoms with Gasteiger partial charge < -0.3 is 30.3 Å². The van der Waals surface area contributed by atoms with Crippen molar-refractivity contribution in [2.75, 3.05) is 6.61 Å². The highest BCUT2D eigenvalue weighted by Gasteiger charge is 2.33. The smallest absolute Gasteiger partial charge is 0.350 e. The number of carbonyl (C=O) groups is 6. The van der Waals surface area contributed by atoms with Crippen molar-refractivity contribution in [3.63, 3.8) is 0 Å². The Kier molecular flexibility index (Phi) is 11.2. The normalized spacial score (nSPS) is 12.4. The fraction of sp³-hybridized carbons (Fsp3) is 0.333. The number of esters is 1. The van der Waals surface area contributed by atoms with E-state index in [0.29, 0.717) is 16.1 Å². The largest absolute Gasteiger partial charge is 0.481 e. The predicted molar refractivity (Wildman–Crippen MR) is 141 cm³/mol. The van der Waals surface area contributed by atoms with E-state index in [1.165, 1.54) is 45.0 Å². The minimum atomic E-state index is -1.52. The number of carbonyl (C=O) groups excluding carboxylic acids is 4. The second-order valence-electron chi connectivity index (χ2n) is 9.17. The fourth-order valence-electron chi connectivity index (χ4n) is 3.25. The van der Waals surface area contributed by atoms with Crippen molar-refractivity contribution in [1.29, 1.82) is 0 Å². The summed E-state index contributed by atoms with van der Waals surface area (Å²) >= 11 is 5.85. The maximum atomic E-state index is 12.6. The number of ether oxygens (including phenoxy) is 2. The molecule has 2 rings (SSSR count). The summed E-state index contributed by atoms with van der Waals surface area (Å²) in [6.07, 6.45) is -0.817. The molecule has 0 aromatic heterocycles. The van der Waals surface area contributed by atoms with E-state index in [-0.39, 0.29) is 18.0 Å². The van der Waals surface area contributed by atoms with Crippen LogP contribution in [-0.2, 0) is 28.7 Å². The molecule has 2 amide bonds. The maximum absolute atomic E-state index is 12.6. The van der Waals surface area contributed by atoms with E-state index in [4.69, 9.17) is 31.3 Å². The minimum absolute atomic E-state index is 0.227. The summed E-state index contributed by atoms with van der Waals surface area (Å²) in [6, 6.07) is 9.84. The summed E-state index contributed by atoms with van der Waals surface area (Å²) in [7, 11) is 0. The Bertz CT molecular complexity index is 1260. The van der Waals surface area contributed by atoms with Crippen LogP contribution in [0.3, 0.4) is 0 Å². The predicted octanol–water partition coefficient (Wildman–Crippen LogP) is 2.21. The van der Waals surface area contributed by atoms with E-state index < -0.39 is 60.4 Å².